The number of para-hydroxylation sites is 1. The quantitative estimate of drug-likeness (QED) is 0.529. The van der Waals surface area contributed by atoms with E-state index in [9.17, 15) is 18.4 Å². The summed E-state index contributed by atoms with van der Waals surface area (Å²) in [4.78, 5) is 24.2. The first-order valence-corrected chi connectivity index (χ1v) is 8.45. The summed E-state index contributed by atoms with van der Waals surface area (Å²) in [6.07, 6.45) is 0. The van der Waals surface area contributed by atoms with Crippen LogP contribution in [0.1, 0.15) is 6.92 Å². The number of carbonyl (C=O) groups excluding carboxylic acids is 1. The second kappa shape index (κ2) is 7.52. The number of hydrogen-bond donors (Lipinski definition) is 2. The van der Waals surface area contributed by atoms with Gasteiger partial charge in [-0.1, -0.05) is 18.2 Å². The maximum Gasteiger partial charge on any atom is 0.442 e. The van der Waals surface area contributed by atoms with Crippen molar-refractivity contribution in [3.8, 4) is 5.69 Å². The molecule has 0 spiro atoms. The lowest BCUT2D eigenvalue weighted by atomic mass is 10.3. The van der Waals surface area contributed by atoms with Crippen LogP contribution in [0.4, 0.5) is 14.5 Å². The van der Waals surface area contributed by atoms with Gasteiger partial charge < -0.3 is 5.32 Å². The van der Waals surface area contributed by atoms with E-state index in [-0.39, 0.29) is 10.7 Å². The normalized spacial score (nSPS) is 12.0. The minimum atomic E-state index is -1.06. The third kappa shape index (κ3) is 3.83. The zero-order valence-electron chi connectivity index (χ0n) is 13.5. The first-order chi connectivity index (χ1) is 12.5. The van der Waals surface area contributed by atoms with Crippen LogP contribution in [0.15, 0.2) is 62.9 Å². The van der Waals surface area contributed by atoms with Crippen LogP contribution < -0.4 is 15.6 Å². The Kier molecular flexibility index (Phi) is 5.17. The molecule has 0 saturated heterocycles. The van der Waals surface area contributed by atoms with Crippen LogP contribution >= 0.6 is 11.8 Å². The molecule has 0 fully saturated rings. The number of anilines is 1. The molecule has 1 atom stereocenters. The molecule has 0 aliphatic heterocycles. The Bertz CT molecular complexity index is 988. The van der Waals surface area contributed by atoms with Crippen LogP contribution in [0, 0.1) is 11.6 Å². The monoisotopic (exact) mass is 378 g/mol. The molecule has 3 rings (SSSR count). The number of halogens is 2. The lowest BCUT2D eigenvalue weighted by molar-refractivity contribution is -0.704. The average Bonchev–Trinajstić information content (AvgIpc) is 2.99. The van der Waals surface area contributed by atoms with Crippen molar-refractivity contribution in [3.63, 3.8) is 0 Å². The number of benzene rings is 2. The van der Waals surface area contributed by atoms with Crippen molar-refractivity contribution in [3.05, 3.63) is 70.6 Å². The van der Waals surface area contributed by atoms with Gasteiger partial charge in [0.1, 0.15) is 0 Å². The largest absolute Gasteiger partial charge is 0.442 e. The van der Waals surface area contributed by atoms with E-state index in [4.69, 9.17) is 4.52 Å². The van der Waals surface area contributed by atoms with E-state index in [1.807, 2.05) is 6.07 Å². The molecule has 3 aromatic rings. The van der Waals surface area contributed by atoms with Crippen LogP contribution in [0.25, 0.3) is 5.69 Å². The third-order valence-electron chi connectivity index (χ3n) is 3.47. The third-order valence-corrected chi connectivity index (χ3v) is 4.61. The van der Waals surface area contributed by atoms with Gasteiger partial charge in [0.25, 0.3) is 0 Å². The molecule has 1 heterocycles. The number of rotatable bonds is 5. The minimum absolute atomic E-state index is 0.124. The Hall–Kier alpha value is -2.94. The van der Waals surface area contributed by atoms with Crippen molar-refractivity contribution < 1.29 is 22.8 Å². The van der Waals surface area contributed by atoms with Gasteiger partial charge in [-0.2, -0.15) is 0 Å². The Balaban J connectivity index is 1.76. The first kappa shape index (κ1) is 17.9. The van der Waals surface area contributed by atoms with E-state index in [1.54, 1.807) is 31.2 Å². The van der Waals surface area contributed by atoms with Gasteiger partial charge in [-0.15, -0.1) is 0 Å². The maximum atomic E-state index is 13.2. The maximum absolute atomic E-state index is 13.2. The number of aromatic amines is 1. The SMILES string of the molecule is CC(Sc1c(=O)o[nH][n+]1-c1ccccc1)C(=O)Nc1ccc(F)c(F)c1. The molecular formula is C17H14F2N3O3S+. The predicted molar refractivity (Wildman–Crippen MR) is 91.2 cm³/mol. The average molecular weight is 378 g/mol. The molecule has 0 bridgehead atoms. The smallest absolute Gasteiger partial charge is 0.325 e. The highest BCUT2D eigenvalue weighted by atomic mass is 32.2. The van der Waals surface area contributed by atoms with Gasteiger partial charge in [-0.3, -0.25) is 9.32 Å². The molecule has 1 amide bonds. The van der Waals surface area contributed by atoms with Crippen molar-refractivity contribution in [2.45, 2.75) is 17.2 Å². The van der Waals surface area contributed by atoms with Gasteiger partial charge in [-0.25, -0.2) is 13.6 Å². The van der Waals surface area contributed by atoms with Crippen molar-refractivity contribution >= 4 is 23.4 Å². The zero-order chi connectivity index (χ0) is 18.7. The lowest BCUT2D eigenvalue weighted by Gasteiger charge is -2.09. The molecule has 0 aliphatic carbocycles. The summed E-state index contributed by atoms with van der Waals surface area (Å²) in [6, 6.07) is 12.0. The molecule has 1 unspecified atom stereocenters. The summed E-state index contributed by atoms with van der Waals surface area (Å²) >= 11 is 0.979. The number of carbonyl (C=O) groups is 1. The van der Waals surface area contributed by atoms with Crippen molar-refractivity contribution in [2.75, 3.05) is 5.32 Å². The summed E-state index contributed by atoms with van der Waals surface area (Å²) < 4.78 is 32.4. The van der Waals surface area contributed by atoms with Crippen LogP contribution in [-0.2, 0) is 4.79 Å². The summed E-state index contributed by atoms with van der Waals surface area (Å²) in [6.45, 7) is 1.58. The van der Waals surface area contributed by atoms with Gasteiger partial charge in [-0.05, 0) is 40.8 Å². The Morgan fingerprint density at radius 3 is 2.62 bits per heavy atom. The number of H-pyrrole nitrogens is 1. The van der Waals surface area contributed by atoms with Gasteiger partial charge in [0, 0.05) is 23.9 Å². The van der Waals surface area contributed by atoms with E-state index >= 15 is 0 Å². The molecular weight excluding hydrogens is 364 g/mol. The van der Waals surface area contributed by atoms with Gasteiger partial charge in [0.15, 0.2) is 11.6 Å². The topological polar surface area (TPSA) is 79.0 Å². The summed E-state index contributed by atoms with van der Waals surface area (Å²) in [5.74, 6) is -2.53. The zero-order valence-corrected chi connectivity index (χ0v) is 14.3. The number of thioether (sulfide) groups is 1. The fraction of sp³-hybridized carbons (Fsp3) is 0.118. The molecule has 26 heavy (non-hydrogen) atoms. The molecule has 2 N–H and O–H groups in total. The summed E-state index contributed by atoms with van der Waals surface area (Å²) in [7, 11) is 0. The second-order valence-electron chi connectivity index (χ2n) is 5.34. The van der Waals surface area contributed by atoms with Crippen LogP contribution in [0.5, 0.6) is 0 Å². The summed E-state index contributed by atoms with van der Waals surface area (Å²) in [5, 5.41) is 4.45. The van der Waals surface area contributed by atoms with Gasteiger partial charge >= 0.3 is 10.7 Å². The fourth-order valence-corrected chi connectivity index (χ4v) is 3.04. The Morgan fingerprint density at radius 1 is 1.19 bits per heavy atom. The highest BCUT2D eigenvalue weighted by Crippen LogP contribution is 2.20. The molecule has 9 heteroatoms. The van der Waals surface area contributed by atoms with Crippen molar-refractivity contribution in [1.29, 1.82) is 0 Å². The molecule has 0 saturated carbocycles. The fourth-order valence-electron chi connectivity index (χ4n) is 2.15. The minimum Gasteiger partial charge on any atom is -0.325 e. The number of nitrogens with zero attached hydrogens (tertiary/aromatic N) is 1. The molecule has 0 aliphatic rings. The highest BCUT2D eigenvalue weighted by Gasteiger charge is 2.29. The van der Waals surface area contributed by atoms with Gasteiger partial charge in [0.05, 0.1) is 5.25 Å². The predicted octanol–water partition coefficient (Wildman–Crippen LogP) is 2.64. The van der Waals surface area contributed by atoms with Crippen molar-refractivity contribution in [2.24, 2.45) is 0 Å². The Labute approximate surface area is 150 Å². The van der Waals surface area contributed by atoms with E-state index in [1.165, 1.54) is 10.7 Å². The number of amides is 1. The van der Waals surface area contributed by atoms with Crippen LogP contribution in [0.3, 0.4) is 0 Å². The van der Waals surface area contributed by atoms with E-state index in [0.29, 0.717) is 5.69 Å². The molecule has 134 valence electrons. The first-order valence-electron chi connectivity index (χ1n) is 7.57. The standard InChI is InChI=1S/C17H13F2N3O3S/c1-10(15(23)20-11-7-8-13(18)14(19)9-11)26-16-17(24)25-21-22(16)12-5-3-2-4-6-12/h2-10H,1H3,(H-,20,21,23,24)/p+1. The number of nitrogens with one attached hydrogen (secondary N) is 2. The molecule has 6 nitrogen and oxygen atoms in total. The molecule has 2 aromatic carbocycles. The van der Waals surface area contributed by atoms with E-state index in [0.717, 1.165) is 23.9 Å². The Morgan fingerprint density at radius 2 is 1.92 bits per heavy atom. The van der Waals surface area contributed by atoms with Crippen molar-refractivity contribution in [1.82, 2.24) is 5.27 Å². The van der Waals surface area contributed by atoms with E-state index < -0.39 is 28.4 Å². The van der Waals surface area contributed by atoms with E-state index in [2.05, 4.69) is 10.6 Å². The number of aromatic nitrogens is 2. The molecule has 1 aromatic heterocycles. The van der Waals surface area contributed by atoms with Crippen LogP contribution in [-0.4, -0.2) is 16.4 Å². The van der Waals surface area contributed by atoms with Gasteiger partial charge in [0.2, 0.25) is 11.6 Å². The summed E-state index contributed by atoms with van der Waals surface area (Å²) in [5.41, 5.74) is 0.166. The number of hydrogen-bond acceptors (Lipinski definition) is 4. The lowest BCUT2D eigenvalue weighted by Crippen LogP contribution is -2.37. The van der Waals surface area contributed by atoms with Crippen LogP contribution in [0.2, 0.25) is 0 Å². The molecule has 0 radical (unpaired) electrons. The highest BCUT2D eigenvalue weighted by molar-refractivity contribution is 8.00. The second-order valence-corrected chi connectivity index (χ2v) is 6.66.